The molecule has 0 aromatic heterocycles. The Kier molecular flexibility index (Phi) is 5.69. The summed E-state index contributed by atoms with van der Waals surface area (Å²) in [6.45, 7) is 1.44. The second-order valence-electron chi connectivity index (χ2n) is 6.57. The monoisotopic (exact) mass is 341 g/mol. The van der Waals surface area contributed by atoms with E-state index in [0.29, 0.717) is 18.0 Å². The molecule has 0 N–H and O–H groups in total. The SMILES string of the molecule is COc1ccc(C2CCCCN(C(=O)Cc3ccccc3F)C2)cc1. The zero-order chi connectivity index (χ0) is 17.6. The summed E-state index contributed by atoms with van der Waals surface area (Å²) >= 11 is 0. The number of methoxy groups -OCH3 is 1. The Bertz CT molecular complexity index is 714. The first kappa shape index (κ1) is 17.5. The summed E-state index contributed by atoms with van der Waals surface area (Å²) < 4.78 is 19.0. The number of likely N-dealkylation sites (tertiary alicyclic amines) is 1. The molecule has 1 heterocycles. The van der Waals surface area contributed by atoms with Gasteiger partial charge in [0.15, 0.2) is 0 Å². The van der Waals surface area contributed by atoms with Crippen LogP contribution >= 0.6 is 0 Å². The summed E-state index contributed by atoms with van der Waals surface area (Å²) in [5.41, 5.74) is 1.70. The van der Waals surface area contributed by atoms with Crippen LogP contribution in [0.25, 0.3) is 0 Å². The summed E-state index contributed by atoms with van der Waals surface area (Å²) in [5, 5.41) is 0. The fourth-order valence-electron chi connectivity index (χ4n) is 3.43. The Morgan fingerprint density at radius 1 is 1.16 bits per heavy atom. The topological polar surface area (TPSA) is 29.5 Å². The average molecular weight is 341 g/mol. The van der Waals surface area contributed by atoms with Gasteiger partial charge >= 0.3 is 0 Å². The third kappa shape index (κ3) is 4.38. The van der Waals surface area contributed by atoms with Gasteiger partial charge in [0.1, 0.15) is 11.6 Å². The fraction of sp³-hybridized carbons (Fsp3) is 0.381. The van der Waals surface area contributed by atoms with E-state index in [0.717, 1.165) is 31.6 Å². The van der Waals surface area contributed by atoms with Gasteiger partial charge in [-0.2, -0.15) is 0 Å². The van der Waals surface area contributed by atoms with Crippen LogP contribution in [-0.2, 0) is 11.2 Å². The van der Waals surface area contributed by atoms with Crippen molar-refractivity contribution in [1.82, 2.24) is 4.90 Å². The Morgan fingerprint density at radius 3 is 2.64 bits per heavy atom. The van der Waals surface area contributed by atoms with Gasteiger partial charge in [-0.15, -0.1) is 0 Å². The fourth-order valence-corrected chi connectivity index (χ4v) is 3.43. The molecule has 1 unspecified atom stereocenters. The van der Waals surface area contributed by atoms with Crippen LogP contribution in [0.1, 0.15) is 36.3 Å². The molecule has 2 aromatic carbocycles. The number of benzene rings is 2. The van der Waals surface area contributed by atoms with Crippen molar-refractivity contribution in [2.24, 2.45) is 0 Å². The largest absolute Gasteiger partial charge is 0.497 e. The molecule has 0 spiro atoms. The van der Waals surface area contributed by atoms with Crippen molar-refractivity contribution in [3.8, 4) is 5.75 Å². The molecule has 25 heavy (non-hydrogen) atoms. The van der Waals surface area contributed by atoms with Crippen molar-refractivity contribution < 1.29 is 13.9 Å². The zero-order valence-corrected chi connectivity index (χ0v) is 14.6. The maximum atomic E-state index is 13.8. The van der Waals surface area contributed by atoms with Crippen molar-refractivity contribution in [1.29, 1.82) is 0 Å². The molecule has 3 nitrogen and oxygen atoms in total. The minimum absolute atomic E-state index is 0.00510. The molecule has 0 saturated carbocycles. The van der Waals surface area contributed by atoms with Crippen LogP contribution in [0, 0.1) is 5.82 Å². The first-order chi connectivity index (χ1) is 12.2. The number of carbonyl (C=O) groups is 1. The molecule has 4 heteroatoms. The van der Waals surface area contributed by atoms with Gasteiger partial charge in [0, 0.05) is 19.0 Å². The second kappa shape index (κ2) is 8.15. The molecule has 1 aliphatic heterocycles. The van der Waals surface area contributed by atoms with Gasteiger partial charge in [-0.1, -0.05) is 36.8 Å². The number of rotatable bonds is 4. The molecule has 0 radical (unpaired) electrons. The Hall–Kier alpha value is -2.36. The van der Waals surface area contributed by atoms with Crippen LogP contribution in [-0.4, -0.2) is 31.0 Å². The molecule has 0 aliphatic carbocycles. The maximum Gasteiger partial charge on any atom is 0.227 e. The van der Waals surface area contributed by atoms with Crippen LogP contribution in [0.2, 0.25) is 0 Å². The normalized spacial score (nSPS) is 17.8. The van der Waals surface area contributed by atoms with E-state index >= 15 is 0 Å². The second-order valence-corrected chi connectivity index (χ2v) is 6.57. The minimum Gasteiger partial charge on any atom is -0.497 e. The van der Waals surface area contributed by atoms with Gasteiger partial charge in [-0.3, -0.25) is 4.79 Å². The number of hydrogen-bond acceptors (Lipinski definition) is 2. The highest BCUT2D eigenvalue weighted by Crippen LogP contribution is 2.28. The zero-order valence-electron chi connectivity index (χ0n) is 14.6. The van der Waals surface area contributed by atoms with E-state index in [2.05, 4.69) is 12.1 Å². The van der Waals surface area contributed by atoms with E-state index in [1.165, 1.54) is 11.6 Å². The lowest BCUT2D eigenvalue weighted by molar-refractivity contribution is -0.130. The van der Waals surface area contributed by atoms with E-state index in [1.807, 2.05) is 17.0 Å². The molecule has 132 valence electrons. The standard InChI is InChI=1S/C21H24FNO2/c1-25-19-11-9-16(10-12-19)18-7-4-5-13-23(15-18)21(24)14-17-6-2-3-8-20(17)22/h2-3,6,8-12,18H,4-5,7,13-15H2,1H3. The molecular weight excluding hydrogens is 317 g/mol. The lowest BCUT2D eigenvalue weighted by Crippen LogP contribution is -2.35. The quantitative estimate of drug-likeness (QED) is 0.835. The van der Waals surface area contributed by atoms with Gasteiger partial charge < -0.3 is 9.64 Å². The van der Waals surface area contributed by atoms with E-state index in [4.69, 9.17) is 4.74 Å². The number of ether oxygens (including phenoxy) is 1. The van der Waals surface area contributed by atoms with Gasteiger partial charge in [0.05, 0.1) is 13.5 Å². The summed E-state index contributed by atoms with van der Waals surface area (Å²) in [6, 6.07) is 14.6. The minimum atomic E-state index is -0.308. The molecular formula is C21H24FNO2. The van der Waals surface area contributed by atoms with Crippen LogP contribution in [0.3, 0.4) is 0 Å². The first-order valence-corrected chi connectivity index (χ1v) is 8.82. The highest BCUT2D eigenvalue weighted by Gasteiger charge is 2.23. The van der Waals surface area contributed by atoms with Gasteiger partial charge in [0.2, 0.25) is 5.91 Å². The van der Waals surface area contributed by atoms with Gasteiger partial charge in [0.25, 0.3) is 0 Å². The van der Waals surface area contributed by atoms with Gasteiger partial charge in [-0.05, 0) is 42.2 Å². The maximum absolute atomic E-state index is 13.8. The molecule has 0 bridgehead atoms. The lowest BCUT2D eigenvalue weighted by atomic mass is 9.94. The van der Waals surface area contributed by atoms with Crippen molar-refractivity contribution in [3.63, 3.8) is 0 Å². The van der Waals surface area contributed by atoms with Crippen molar-refractivity contribution in [2.75, 3.05) is 20.2 Å². The predicted octanol–water partition coefficient (Wildman–Crippen LogP) is 4.17. The van der Waals surface area contributed by atoms with Crippen molar-refractivity contribution in [3.05, 3.63) is 65.5 Å². The van der Waals surface area contributed by atoms with E-state index in [-0.39, 0.29) is 18.1 Å². The number of hydrogen-bond donors (Lipinski definition) is 0. The van der Waals surface area contributed by atoms with Crippen LogP contribution in [0.15, 0.2) is 48.5 Å². The van der Waals surface area contributed by atoms with Crippen molar-refractivity contribution in [2.45, 2.75) is 31.6 Å². The summed E-state index contributed by atoms with van der Waals surface area (Å²) in [7, 11) is 1.66. The summed E-state index contributed by atoms with van der Waals surface area (Å²) in [4.78, 5) is 14.6. The lowest BCUT2D eigenvalue weighted by Gasteiger charge is -2.25. The van der Waals surface area contributed by atoms with E-state index in [9.17, 15) is 9.18 Å². The van der Waals surface area contributed by atoms with Crippen molar-refractivity contribution >= 4 is 5.91 Å². The first-order valence-electron chi connectivity index (χ1n) is 8.82. The van der Waals surface area contributed by atoms with Crippen LogP contribution in [0.4, 0.5) is 4.39 Å². The Morgan fingerprint density at radius 2 is 1.92 bits per heavy atom. The number of nitrogens with zero attached hydrogens (tertiary/aromatic N) is 1. The van der Waals surface area contributed by atoms with E-state index < -0.39 is 0 Å². The van der Waals surface area contributed by atoms with E-state index in [1.54, 1.807) is 25.3 Å². The van der Waals surface area contributed by atoms with Crippen LogP contribution in [0.5, 0.6) is 5.75 Å². The smallest absolute Gasteiger partial charge is 0.227 e. The molecule has 1 atom stereocenters. The summed E-state index contributed by atoms with van der Waals surface area (Å²) in [6.07, 6.45) is 3.29. The number of amides is 1. The molecule has 2 aromatic rings. The van der Waals surface area contributed by atoms with Gasteiger partial charge in [-0.25, -0.2) is 4.39 Å². The average Bonchev–Trinajstić information content (AvgIpc) is 2.90. The Balaban J connectivity index is 1.70. The predicted molar refractivity (Wildman–Crippen MR) is 96.3 cm³/mol. The third-order valence-electron chi connectivity index (χ3n) is 4.91. The number of halogens is 1. The number of carbonyl (C=O) groups excluding carboxylic acids is 1. The highest BCUT2D eigenvalue weighted by molar-refractivity contribution is 5.79. The Labute approximate surface area is 148 Å². The highest BCUT2D eigenvalue weighted by atomic mass is 19.1. The summed E-state index contributed by atoms with van der Waals surface area (Å²) in [5.74, 6) is 0.853. The molecule has 1 saturated heterocycles. The third-order valence-corrected chi connectivity index (χ3v) is 4.91. The molecule has 1 fully saturated rings. The molecule has 3 rings (SSSR count). The molecule has 1 amide bonds. The molecule has 1 aliphatic rings. The van der Waals surface area contributed by atoms with Crippen LogP contribution < -0.4 is 4.74 Å².